The average Bonchev–Trinajstić information content (AvgIpc) is 3.58. The zero-order valence-corrected chi connectivity index (χ0v) is 24.2. The number of ether oxygens (including phenoxy) is 1. The van der Waals surface area contributed by atoms with Gasteiger partial charge in [-0.15, -0.1) is 0 Å². The number of carbonyl (C=O) groups is 1. The van der Waals surface area contributed by atoms with Crippen LogP contribution in [0.2, 0.25) is 0 Å². The van der Waals surface area contributed by atoms with Crippen LogP contribution in [0.4, 0.5) is 0 Å². The molecule has 4 aromatic carbocycles. The van der Waals surface area contributed by atoms with Gasteiger partial charge in [0.15, 0.2) is 0 Å². The van der Waals surface area contributed by atoms with Crippen molar-refractivity contribution in [2.24, 2.45) is 0 Å². The summed E-state index contributed by atoms with van der Waals surface area (Å²) in [6.45, 7) is 2.62. The minimum absolute atomic E-state index is 0.169. The van der Waals surface area contributed by atoms with E-state index in [4.69, 9.17) is 9.72 Å². The Bertz CT molecular complexity index is 2150. The zero-order chi connectivity index (χ0) is 30.2. The quantitative estimate of drug-likeness (QED) is 0.189. The molecule has 0 spiro atoms. The number of fused-ring (bicyclic) bond motifs is 3. The van der Waals surface area contributed by atoms with Crippen LogP contribution in [-0.2, 0) is 13.0 Å². The number of aryl methyl sites for hydroxylation is 1. The Labute approximate surface area is 254 Å². The van der Waals surface area contributed by atoms with E-state index in [1.165, 1.54) is 0 Å². The molecule has 7 nitrogen and oxygen atoms in total. The van der Waals surface area contributed by atoms with E-state index in [2.05, 4.69) is 29.8 Å². The molecule has 0 aliphatic heterocycles. The first-order valence-corrected chi connectivity index (χ1v) is 14.6. The maximum atomic E-state index is 12.7. The highest BCUT2D eigenvalue weighted by Gasteiger charge is 2.24. The molecule has 3 heterocycles. The van der Waals surface area contributed by atoms with Crippen molar-refractivity contribution in [2.75, 3.05) is 6.61 Å². The number of para-hydroxylation sites is 1. The van der Waals surface area contributed by atoms with Gasteiger partial charge in [0, 0.05) is 35.3 Å². The normalized spacial score (nSPS) is 12.2. The molecule has 3 aromatic heterocycles. The summed E-state index contributed by atoms with van der Waals surface area (Å²) in [5, 5.41) is 24.0. The van der Waals surface area contributed by atoms with E-state index in [0.717, 1.165) is 44.5 Å². The lowest BCUT2D eigenvalue weighted by molar-refractivity contribution is 0.0699. The van der Waals surface area contributed by atoms with Crippen molar-refractivity contribution in [3.05, 3.63) is 138 Å². The van der Waals surface area contributed by atoms with Crippen molar-refractivity contribution in [3.8, 4) is 17.0 Å². The highest BCUT2D eigenvalue weighted by atomic mass is 16.5. The summed E-state index contributed by atoms with van der Waals surface area (Å²) < 4.78 is 9.94. The van der Waals surface area contributed by atoms with Crippen molar-refractivity contribution in [3.63, 3.8) is 0 Å². The summed E-state index contributed by atoms with van der Waals surface area (Å²) in [7, 11) is 0. The molecule has 0 amide bonds. The van der Waals surface area contributed by atoms with E-state index in [-0.39, 0.29) is 12.2 Å². The van der Waals surface area contributed by atoms with E-state index in [1.54, 1.807) is 0 Å². The predicted octanol–water partition coefficient (Wildman–Crippen LogP) is 7.15. The molecule has 7 aromatic rings. The monoisotopic (exact) mass is 581 g/mol. The number of carboxylic acid groups (broad SMARTS) is 1. The summed E-state index contributed by atoms with van der Waals surface area (Å²) in [5.41, 5.74) is 6.33. The minimum atomic E-state index is -0.987. The van der Waals surface area contributed by atoms with Crippen LogP contribution >= 0.6 is 0 Å². The molecule has 218 valence electrons. The predicted molar refractivity (Wildman–Crippen MR) is 173 cm³/mol. The molecule has 0 saturated carbocycles. The second kappa shape index (κ2) is 11.4. The maximum Gasteiger partial charge on any atom is 0.337 e. The lowest BCUT2D eigenvalue weighted by Gasteiger charge is -2.14. The average molecular weight is 582 g/mol. The first-order chi connectivity index (χ1) is 21.5. The van der Waals surface area contributed by atoms with Crippen LogP contribution in [0, 0.1) is 6.92 Å². The van der Waals surface area contributed by atoms with Gasteiger partial charge >= 0.3 is 5.97 Å². The molecule has 0 radical (unpaired) electrons. The van der Waals surface area contributed by atoms with Crippen molar-refractivity contribution < 1.29 is 19.7 Å². The van der Waals surface area contributed by atoms with Crippen LogP contribution in [0.1, 0.15) is 27.2 Å². The Balaban J connectivity index is 1.32. The molecule has 2 N–H and O–H groups in total. The fraction of sp³-hybridized carbons (Fsp3) is 0.135. The van der Waals surface area contributed by atoms with Gasteiger partial charge in [0.25, 0.3) is 0 Å². The number of imidazole rings is 1. The molecule has 44 heavy (non-hydrogen) atoms. The van der Waals surface area contributed by atoms with Crippen LogP contribution in [0.3, 0.4) is 0 Å². The Morgan fingerprint density at radius 1 is 0.909 bits per heavy atom. The molecular weight excluding hydrogens is 550 g/mol. The zero-order valence-electron chi connectivity index (χ0n) is 24.2. The second-order valence-electron chi connectivity index (χ2n) is 11.1. The highest BCUT2D eigenvalue weighted by Crippen LogP contribution is 2.35. The van der Waals surface area contributed by atoms with Gasteiger partial charge in [0.05, 0.1) is 23.5 Å². The Morgan fingerprint density at radius 2 is 1.70 bits per heavy atom. The fourth-order valence-electron chi connectivity index (χ4n) is 6.22. The molecule has 7 rings (SSSR count). The van der Waals surface area contributed by atoms with Crippen molar-refractivity contribution in [1.82, 2.24) is 14.0 Å². The first-order valence-electron chi connectivity index (χ1n) is 14.6. The molecule has 1 atom stereocenters. The largest absolute Gasteiger partial charge is 0.491 e. The van der Waals surface area contributed by atoms with Gasteiger partial charge in [-0.2, -0.15) is 0 Å². The summed E-state index contributed by atoms with van der Waals surface area (Å²) in [6, 6.07) is 32.9. The Kier molecular flexibility index (Phi) is 7.08. The van der Waals surface area contributed by atoms with Gasteiger partial charge in [-0.05, 0) is 59.2 Å². The van der Waals surface area contributed by atoms with Gasteiger partial charge in [-0.3, -0.25) is 0 Å². The maximum absolute atomic E-state index is 12.7. The molecule has 1 unspecified atom stereocenters. The van der Waals surface area contributed by atoms with Crippen molar-refractivity contribution in [2.45, 2.75) is 26.0 Å². The van der Waals surface area contributed by atoms with E-state index >= 15 is 0 Å². The molecule has 0 bridgehead atoms. The number of aromatic nitrogens is 3. The lowest BCUT2D eigenvalue weighted by Crippen LogP contribution is -2.23. The number of pyridine rings is 1. The SMILES string of the molecule is Cc1cccc2c1c(Cc1c(-c3ccc4ccccc4c3C(=O)O)nc3ccccn13)cn2CC(O)COc1ccccc1. The van der Waals surface area contributed by atoms with Crippen LogP contribution in [-0.4, -0.2) is 42.8 Å². The minimum Gasteiger partial charge on any atom is -0.491 e. The van der Waals surface area contributed by atoms with E-state index in [0.29, 0.717) is 29.6 Å². The summed E-state index contributed by atoms with van der Waals surface area (Å²) in [5.74, 6) is -0.269. The van der Waals surface area contributed by atoms with Crippen LogP contribution in [0.5, 0.6) is 5.75 Å². The van der Waals surface area contributed by atoms with E-state index in [1.807, 2.05) is 102 Å². The molecule has 7 heteroatoms. The Hall–Kier alpha value is -5.40. The fourth-order valence-corrected chi connectivity index (χ4v) is 6.22. The van der Waals surface area contributed by atoms with Gasteiger partial charge < -0.3 is 23.9 Å². The molecular formula is C37H31N3O4. The number of aromatic carboxylic acids is 1. The third-order valence-electron chi connectivity index (χ3n) is 8.17. The number of benzene rings is 4. The third-order valence-corrected chi connectivity index (χ3v) is 8.17. The number of hydrogen-bond acceptors (Lipinski definition) is 4. The topological polar surface area (TPSA) is 89.0 Å². The molecule has 0 saturated heterocycles. The van der Waals surface area contributed by atoms with Gasteiger partial charge in [-0.25, -0.2) is 9.78 Å². The molecule has 0 aliphatic rings. The van der Waals surface area contributed by atoms with Crippen LogP contribution in [0.25, 0.3) is 38.6 Å². The Morgan fingerprint density at radius 3 is 2.55 bits per heavy atom. The van der Waals surface area contributed by atoms with Crippen LogP contribution < -0.4 is 4.74 Å². The standard InChI is InChI=1S/C37H31N3O4/c1-24-10-9-15-31-34(24)26(21-39(31)22-27(41)23-44-28-12-3-2-4-13-28)20-32-36(38-33-16-7-8-19-40(32)33)30-18-17-25-11-5-6-14-29(25)35(30)37(42)43/h2-19,21,27,41H,20,22-23H2,1H3,(H,42,43). The number of rotatable bonds is 9. The molecule has 0 fully saturated rings. The smallest absolute Gasteiger partial charge is 0.337 e. The molecule has 0 aliphatic carbocycles. The number of aliphatic hydroxyl groups excluding tert-OH is 1. The van der Waals surface area contributed by atoms with Crippen LogP contribution in [0.15, 0.2) is 116 Å². The van der Waals surface area contributed by atoms with Gasteiger partial charge in [0.2, 0.25) is 0 Å². The number of hydrogen-bond donors (Lipinski definition) is 2. The van der Waals surface area contributed by atoms with Crippen molar-refractivity contribution in [1.29, 1.82) is 0 Å². The van der Waals surface area contributed by atoms with Gasteiger partial charge in [0.1, 0.15) is 24.1 Å². The van der Waals surface area contributed by atoms with Crippen molar-refractivity contribution >= 4 is 33.3 Å². The number of nitrogens with zero attached hydrogens (tertiary/aromatic N) is 3. The lowest BCUT2D eigenvalue weighted by atomic mass is 9.94. The summed E-state index contributed by atoms with van der Waals surface area (Å²) in [6.07, 6.45) is 3.85. The summed E-state index contributed by atoms with van der Waals surface area (Å²) in [4.78, 5) is 17.7. The number of aliphatic hydroxyl groups is 1. The summed E-state index contributed by atoms with van der Waals surface area (Å²) >= 11 is 0. The highest BCUT2D eigenvalue weighted by molar-refractivity contribution is 6.09. The van der Waals surface area contributed by atoms with E-state index in [9.17, 15) is 15.0 Å². The second-order valence-corrected chi connectivity index (χ2v) is 11.1. The van der Waals surface area contributed by atoms with Gasteiger partial charge in [-0.1, -0.05) is 72.8 Å². The number of carboxylic acids is 1. The first kappa shape index (κ1) is 27.4. The van der Waals surface area contributed by atoms with E-state index < -0.39 is 12.1 Å². The third kappa shape index (κ3) is 4.97.